The standard InChI is InChI=1S/C21H27N3O3/c25-19(15-4-2-1-3-5-15)23-18(20(26)22-17-8-9-17)14-10-12-24(13-11-14)21(27)16-6-7-16/h1-5,14,16-18H,6-13H2,(H,22,26)(H,23,25)/t18-/m1/s1. The van der Waals surface area contributed by atoms with Crippen LogP contribution in [0.2, 0.25) is 0 Å². The first-order chi connectivity index (χ1) is 13.1. The van der Waals surface area contributed by atoms with Crippen LogP contribution < -0.4 is 10.6 Å². The lowest BCUT2D eigenvalue weighted by molar-refractivity contribution is -0.134. The van der Waals surface area contributed by atoms with Crippen molar-refractivity contribution in [2.45, 2.75) is 50.6 Å². The van der Waals surface area contributed by atoms with E-state index < -0.39 is 6.04 Å². The molecule has 2 saturated carbocycles. The Morgan fingerprint density at radius 1 is 0.926 bits per heavy atom. The Morgan fingerprint density at radius 3 is 2.19 bits per heavy atom. The van der Waals surface area contributed by atoms with Crippen molar-refractivity contribution in [1.82, 2.24) is 15.5 Å². The van der Waals surface area contributed by atoms with Gasteiger partial charge in [0, 0.05) is 30.6 Å². The molecule has 2 aliphatic carbocycles. The molecule has 1 aromatic rings. The zero-order valence-corrected chi connectivity index (χ0v) is 15.5. The molecule has 1 heterocycles. The first-order valence-corrected chi connectivity index (χ1v) is 10.1. The van der Waals surface area contributed by atoms with E-state index >= 15 is 0 Å². The van der Waals surface area contributed by atoms with Gasteiger partial charge in [0.25, 0.3) is 5.91 Å². The molecular weight excluding hydrogens is 342 g/mol. The van der Waals surface area contributed by atoms with Gasteiger partial charge in [-0.25, -0.2) is 0 Å². The Hall–Kier alpha value is -2.37. The average molecular weight is 369 g/mol. The van der Waals surface area contributed by atoms with Crippen molar-refractivity contribution in [3.63, 3.8) is 0 Å². The van der Waals surface area contributed by atoms with Crippen molar-refractivity contribution in [3.8, 4) is 0 Å². The summed E-state index contributed by atoms with van der Waals surface area (Å²) in [6.07, 6.45) is 5.54. The Morgan fingerprint density at radius 2 is 1.59 bits per heavy atom. The zero-order valence-electron chi connectivity index (χ0n) is 15.5. The van der Waals surface area contributed by atoms with Crippen molar-refractivity contribution in [2.24, 2.45) is 11.8 Å². The maximum absolute atomic E-state index is 12.8. The molecule has 1 aromatic carbocycles. The molecule has 1 aliphatic heterocycles. The second-order valence-corrected chi connectivity index (χ2v) is 8.04. The van der Waals surface area contributed by atoms with Crippen molar-refractivity contribution in [2.75, 3.05) is 13.1 Å². The predicted octanol–water partition coefficient (Wildman–Crippen LogP) is 1.71. The Balaban J connectivity index is 1.40. The number of hydrogen-bond donors (Lipinski definition) is 2. The van der Waals surface area contributed by atoms with E-state index in [1.54, 1.807) is 12.1 Å². The molecule has 1 saturated heterocycles. The third-order valence-electron chi connectivity index (χ3n) is 5.78. The van der Waals surface area contributed by atoms with Gasteiger partial charge >= 0.3 is 0 Å². The largest absolute Gasteiger partial charge is 0.352 e. The Bertz CT molecular complexity index is 705. The van der Waals surface area contributed by atoms with E-state index in [4.69, 9.17) is 0 Å². The number of carbonyl (C=O) groups excluding carboxylic acids is 3. The Kier molecular flexibility index (Phi) is 5.14. The van der Waals surface area contributed by atoms with Crippen LogP contribution in [0.4, 0.5) is 0 Å². The van der Waals surface area contributed by atoms with Gasteiger partial charge in [-0.15, -0.1) is 0 Å². The first kappa shape index (κ1) is 18.0. The van der Waals surface area contributed by atoms with E-state index in [1.165, 1.54) is 0 Å². The number of nitrogens with zero attached hydrogens (tertiary/aromatic N) is 1. The lowest BCUT2D eigenvalue weighted by atomic mass is 9.88. The fraction of sp³-hybridized carbons (Fsp3) is 0.571. The number of carbonyl (C=O) groups is 3. The third kappa shape index (κ3) is 4.49. The van der Waals surface area contributed by atoms with Crippen LogP contribution in [-0.4, -0.2) is 47.8 Å². The number of nitrogens with one attached hydrogen (secondary N) is 2. The van der Waals surface area contributed by atoms with Gasteiger partial charge in [0.15, 0.2) is 0 Å². The maximum atomic E-state index is 12.8. The first-order valence-electron chi connectivity index (χ1n) is 10.1. The number of amides is 3. The molecule has 6 nitrogen and oxygen atoms in total. The van der Waals surface area contributed by atoms with Crippen molar-refractivity contribution in [3.05, 3.63) is 35.9 Å². The van der Waals surface area contributed by atoms with Gasteiger partial charge in [-0.05, 0) is 56.6 Å². The highest BCUT2D eigenvalue weighted by atomic mass is 16.2. The molecule has 0 aromatic heterocycles. The van der Waals surface area contributed by atoms with Crippen LogP contribution in [0.1, 0.15) is 48.9 Å². The molecule has 27 heavy (non-hydrogen) atoms. The quantitative estimate of drug-likeness (QED) is 0.801. The summed E-state index contributed by atoms with van der Waals surface area (Å²) in [5.41, 5.74) is 0.558. The molecule has 0 bridgehead atoms. The second kappa shape index (κ2) is 7.71. The molecule has 2 N–H and O–H groups in total. The van der Waals surface area contributed by atoms with E-state index in [0.29, 0.717) is 18.7 Å². The predicted molar refractivity (Wildman–Crippen MR) is 101 cm³/mol. The molecule has 4 rings (SSSR count). The number of likely N-dealkylation sites (tertiary alicyclic amines) is 1. The van der Waals surface area contributed by atoms with E-state index in [0.717, 1.165) is 38.5 Å². The summed E-state index contributed by atoms with van der Waals surface area (Å²) in [5, 5.41) is 6.00. The highest BCUT2D eigenvalue weighted by Crippen LogP contribution is 2.33. The third-order valence-corrected chi connectivity index (χ3v) is 5.78. The highest BCUT2D eigenvalue weighted by Gasteiger charge is 2.39. The van der Waals surface area contributed by atoms with Crippen LogP contribution in [0, 0.1) is 11.8 Å². The lowest BCUT2D eigenvalue weighted by Gasteiger charge is -2.36. The van der Waals surface area contributed by atoms with Crippen molar-refractivity contribution in [1.29, 1.82) is 0 Å². The summed E-state index contributed by atoms with van der Waals surface area (Å²) >= 11 is 0. The monoisotopic (exact) mass is 369 g/mol. The van der Waals surface area contributed by atoms with Crippen molar-refractivity contribution >= 4 is 17.7 Å². The van der Waals surface area contributed by atoms with Gasteiger partial charge < -0.3 is 15.5 Å². The van der Waals surface area contributed by atoms with E-state index in [2.05, 4.69) is 10.6 Å². The van der Waals surface area contributed by atoms with Gasteiger partial charge in [0.1, 0.15) is 6.04 Å². The molecule has 3 fully saturated rings. The number of hydrogen-bond acceptors (Lipinski definition) is 3. The zero-order chi connectivity index (χ0) is 18.8. The fourth-order valence-electron chi connectivity index (χ4n) is 3.77. The summed E-state index contributed by atoms with van der Waals surface area (Å²) in [4.78, 5) is 39.6. The summed E-state index contributed by atoms with van der Waals surface area (Å²) < 4.78 is 0. The van der Waals surface area contributed by atoms with Gasteiger partial charge in [-0.2, -0.15) is 0 Å². The lowest BCUT2D eigenvalue weighted by Crippen LogP contribution is -2.54. The highest BCUT2D eigenvalue weighted by molar-refractivity contribution is 5.97. The van der Waals surface area contributed by atoms with Gasteiger partial charge in [-0.1, -0.05) is 18.2 Å². The topological polar surface area (TPSA) is 78.5 Å². The molecule has 3 aliphatic rings. The average Bonchev–Trinajstić information content (AvgIpc) is 3.60. The molecule has 1 atom stereocenters. The summed E-state index contributed by atoms with van der Waals surface area (Å²) in [6, 6.07) is 8.71. The molecule has 3 amide bonds. The van der Waals surface area contributed by atoms with Crippen molar-refractivity contribution < 1.29 is 14.4 Å². The van der Waals surface area contributed by atoms with E-state index in [1.807, 2.05) is 23.1 Å². The minimum Gasteiger partial charge on any atom is -0.352 e. The molecule has 0 unspecified atom stereocenters. The molecule has 0 radical (unpaired) electrons. The Labute approximate surface area is 159 Å². The minimum atomic E-state index is -0.545. The normalized spacial score (nSPS) is 21.4. The van der Waals surface area contributed by atoms with Gasteiger partial charge in [0.2, 0.25) is 11.8 Å². The van der Waals surface area contributed by atoms with E-state index in [-0.39, 0.29) is 35.6 Å². The van der Waals surface area contributed by atoms with Gasteiger partial charge in [0.05, 0.1) is 0 Å². The number of piperidine rings is 1. The molecule has 144 valence electrons. The summed E-state index contributed by atoms with van der Waals surface area (Å²) in [6.45, 7) is 1.35. The van der Waals surface area contributed by atoms with Crippen LogP contribution in [0.15, 0.2) is 30.3 Å². The summed E-state index contributed by atoms with van der Waals surface area (Å²) in [5.74, 6) is 0.241. The molecule has 0 spiro atoms. The van der Waals surface area contributed by atoms with Crippen LogP contribution in [-0.2, 0) is 9.59 Å². The number of benzene rings is 1. The molecule has 6 heteroatoms. The minimum absolute atomic E-state index is 0.0552. The van der Waals surface area contributed by atoms with Gasteiger partial charge in [-0.3, -0.25) is 14.4 Å². The number of rotatable bonds is 6. The second-order valence-electron chi connectivity index (χ2n) is 8.04. The van der Waals surface area contributed by atoms with Crippen LogP contribution in [0.3, 0.4) is 0 Å². The van der Waals surface area contributed by atoms with Crippen LogP contribution in [0.25, 0.3) is 0 Å². The van der Waals surface area contributed by atoms with E-state index in [9.17, 15) is 14.4 Å². The van der Waals surface area contributed by atoms with Crippen LogP contribution in [0.5, 0.6) is 0 Å². The summed E-state index contributed by atoms with van der Waals surface area (Å²) in [7, 11) is 0. The smallest absolute Gasteiger partial charge is 0.251 e. The SMILES string of the molecule is O=C(N[C@@H](C(=O)NC1CC1)C1CCN(C(=O)C2CC2)CC1)c1ccccc1. The fourth-order valence-corrected chi connectivity index (χ4v) is 3.77. The molecular formula is C21H27N3O3. The maximum Gasteiger partial charge on any atom is 0.251 e. The van der Waals surface area contributed by atoms with Crippen LogP contribution >= 0.6 is 0 Å².